The van der Waals surface area contributed by atoms with Gasteiger partial charge in [-0.2, -0.15) is 10.5 Å². The number of rotatable bonds is 14. The lowest BCUT2D eigenvalue weighted by Gasteiger charge is -2.16. The zero-order chi connectivity index (χ0) is 31.6. The van der Waals surface area contributed by atoms with Crippen molar-refractivity contribution in [3.63, 3.8) is 0 Å². The topological polar surface area (TPSA) is 186 Å². The first kappa shape index (κ1) is 34.3. The summed E-state index contributed by atoms with van der Waals surface area (Å²) in [5.41, 5.74) is 1.36. The van der Waals surface area contributed by atoms with E-state index in [0.717, 1.165) is 0 Å². The van der Waals surface area contributed by atoms with Gasteiger partial charge in [0, 0.05) is 33.3 Å². The third-order valence-corrected chi connectivity index (χ3v) is 5.67. The Balaban J connectivity index is 0.000000307. The highest BCUT2D eigenvalue weighted by atomic mass is 16.6. The first-order chi connectivity index (χ1) is 20.8. The Morgan fingerprint density at radius 3 is 2.09 bits per heavy atom. The molecule has 0 atom stereocenters. The number of ether oxygens (including phenoxy) is 6. The number of esters is 1. The number of Topliss-reactive ketones (excluding diaryl/α,β-unsaturated/α-hetero) is 1. The maximum atomic E-state index is 12.2. The van der Waals surface area contributed by atoms with Crippen LogP contribution in [0.4, 0.5) is 5.69 Å². The molecular weight excluding hydrogens is 562 g/mol. The van der Waals surface area contributed by atoms with Crippen LogP contribution in [0.1, 0.15) is 27.9 Å². The Labute approximate surface area is 249 Å². The Bertz CT molecular complexity index is 1390. The number of ketones is 1. The molecule has 0 fully saturated rings. The van der Waals surface area contributed by atoms with Gasteiger partial charge in [-0.05, 0) is 35.9 Å². The van der Waals surface area contributed by atoms with Crippen LogP contribution < -0.4 is 14.8 Å². The normalized spacial score (nSPS) is 11.7. The molecule has 1 aliphatic carbocycles. The Hall–Kier alpha value is -4.95. The number of hydrogen-bond acceptors (Lipinski definition) is 12. The molecule has 0 unspecified atom stereocenters. The molecule has 228 valence electrons. The summed E-state index contributed by atoms with van der Waals surface area (Å²) < 4.78 is 30.5. The molecule has 13 nitrogen and oxygen atoms in total. The molecular formula is C30H33N3O10. The number of methoxy groups -OCH3 is 3. The predicted octanol–water partition coefficient (Wildman–Crippen LogP) is 3.00. The highest BCUT2D eigenvalue weighted by Crippen LogP contribution is 2.30. The number of nitriles is 2. The van der Waals surface area contributed by atoms with E-state index in [9.17, 15) is 19.5 Å². The van der Waals surface area contributed by atoms with Crippen molar-refractivity contribution in [2.75, 3.05) is 66.3 Å². The van der Waals surface area contributed by atoms with Crippen LogP contribution in [0.25, 0.3) is 5.76 Å². The summed E-state index contributed by atoms with van der Waals surface area (Å²) in [6.07, 6.45) is -0.190. The summed E-state index contributed by atoms with van der Waals surface area (Å²) in [6.45, 7) is 1.90. The van der Waals surface area contributed by atoms with Crippen LogP contribution in [0.3, 0.4) is 0 Å². The Morgan fingerprint density at radius 2 is 1.49 bits per heavy atom. The minimum atomic E-state index is -0.628. The molecule has 0 bridgehead atoms. The molecule has 0 saturated carbocycles. The molecule has 1 aliphatic rings. The summed E-state index contributed by atoms with van der Waals surface area (Å²) in [7, 11) is 4.62. The number of carbonyl (C=O) groups excluding carboxylic acids is 3. The minimum Gasteiger partial charge on any atom is -0.506 e. The molecule has 2 aromatic carbocycles. The molecule has 3 rings (SSSR count). The van der Waals surface area contributed by atoms with Crippen LogP contribution in [0, 0.1) is 22.7 Å². The largest absolute Gasteiger partial charge is 0.506 e. The molecule has 1 amide bonds. The summed E-state index contributed by atoms with van der Waals surface area (Å²) in [5.74, 6) is -0.780. The van der Waals surface area contributed by atoms with Crippen molar-refractivity contribution in [3.8, 4) is 23.6 Å². The van der Waals surface area contributed by atoms with E-state index in [2.05, 4.69) is 5.32 Å². The highest BCUT2D eigenvalue weighted by molar-refractivity contribution is 6.09. The van der Waals surface area contributed by atoms with Gasteiger partial charge < -0.3 is 38.8 Å². The van der Waals surface area contributed by atoms with Gasteiger partial charge in [0.05, 0.1) is 37.1 Å². The molecule has 43 heavy (non-hydrogen) atoms. The lowest BCUT2D eigenvalue weighted by Crippen LogP contribution is -2.16. The number of carbonyl (C=O) groups is 3. The van der Waals surface area contributed by atoms with E-state index in [1.54, 1.807) is 50.6 Å². The van der Waals surface area contributed by atoms with Gasteiger partial charge in [-0.15, -0.1) is 0 Å². The quantitative estimate of drug-likeness (QED) is 0.240. The molecule has 0 aromatic heterocycles. The van der Waals surface area contributed by atoms with E-state index >= 15 is 0 Å². The van der Waals surface area contributed by atoms with Crippen molar-refractivity contribution >= 4 is 29.1 Å². The van der Waals surface area contributed by atoms with E-state index in [-0.39, 0.29) is 54.4 Å². The van der Waals surface area contributed by atoms with Crippen molar-refractivity contribution in [1.29, 1.82) is 10.5 Å². The molecule has 2 aromatic rings. The van der Waals surface area contributed by atoms with Crippen molar-refractivity contribution in [3.05, 3.63) is 58.7 Å². The van der Waals surface area contributed by atoms with Crippen LogP contribution >= 0.6 is 0 Å². The highest BCUT2D eigenvalue weighted by Gasteiger charge is 2.25. The molecule has 0 aliphatic heterocycles. The lowest BCUT2D eigenvalue weighted by molar-refractivity contribution is -0.115. The van der Waals surface area contributed by atoms with Crippen molar-refractivity contribution < 1.29 is 47.9 Å². The standard InChI is InChI=1S/C16H20N2O6.C14H13NO4/c1-21-7-9-23-12-3-4-14(18-15(19)5-6-17)13(11-12)16(20)24-10-8-22-2;1-18-4-5-19-10-3-2-9-6-13(16)12(8-15)14(17)11(9)7-10/h3-4,11H,5,7-10H2,1-2H3,(H,18,19);2-3,7,17H,4-6H2,1H3. The third kappa shape index (κ3) is 10.8. The second kappa shape index (κ2) is 18.5. The number of nitrogens with one attached hydrogen (secondary N) is 1. The Morgan fingerprint density at radius 1 is 0.884 bits per heavy atom. The maximum Gasteiger partial charge on any atom is 0.340 e. The number of amides is 1. The number of nitrogens with zero attached hydrogens (tertiary/aromatic N) is 2. The van der Waals surface area contributed by atoms with Crippen molar-refractivity contribution in [2.45, 2.75) is 12.8 Å². The second-order valence-electron chi connectivity index (χ2n) is 8.66. The first-order valence-electron chi connectivity index (χ1n) is 13.0. The summed E-state index contributed by atoms with van der Waals surface area (Å²) in [4.78, 5) is 35.4. The molecule has 13 heteroatoms. The zero-order valence-electron chi connectivity index (χ0n) is 24.1. The van der Waals surface area contributed by atoms with Crippen molar-refractivity contribution in [1.82, 2.24) is 0 Å². The SMILES string of the molecule is COCCOC(=O)c1cc(OCCOC)ccc1NC(=O)CC#N.COCCOc1ccc2c(c1)C(O)=C(C#N)C(=O)C2. The van der Waals surface area contributed by atoms with E-state index < -0.39 is 11.9 Å². The molecule has 2 N–H and O–H groups in total. The molecule has 0 saturated heterocycles. The van der Waals surface area contributed by atoms with Gasteiger partial charge in [0.1, 0.15) is 55.1 Å². The number of benzene rings is 2. The fourth-order valence-electron chi connectivity index (χ4n) is 3.60. The lowest BCUT2D eigenvalue weighted by atomic mass is 9.90. The van der Waals surface area contributed by atoms with Gasteiger partial charge in [0.2, 0.25) is 5.91 Å². The smallest absolute Gasteiger partial charge is 0.340 e. The van der Waals surface area contributed by atoms with Crippen LogP contribution in [0.2, 0.25) is 0 Å². The minimum absolute atomic E-state index is 0.0790. The van der Waals surface area contributed by atoms with E-state index in [0.29, 0.717) is 49.1 Å². The Kier molecular flexibility index (Phi) is 14.7. The fourth-order valence-corrected chi connectivity index (χ4v) is 3.60. The summed E-state index contributed by atoms with van der Waals surface area (Å²) in [6, 6.07) is 13.1. The van der Waals surface area contributed by atoms with Gasteiger partial charge in [-0.3, -0.25) is 9.59 Å². The van der Waals surface area contributed by atoms with Gasteiger partial charge in [-0.1, -0.05) is 6.07 Å². The van der Waals surface area contributed by atoms with Crippen LogP contribution in [0.5, 0.6) is 11.5 Å². The monoisotopic (exact) mass is 595 g/mol. The van der Waals surface area contributed by atoms with Gasteiger partial charge >= 0.3 is 5.97 Å². The summed E-state index contributed by atoms with van der Waals surface area (Å²) >= 11 is 0. The van der Waals surface area contributed by atoms with Gasteiger partial charge in [0.25, 0.3) is 0 Å². The second-order valence-corrected chi connectivity index (χ2v) is 8.66. The average molecular weight is 596 g/mol. The number of aliphatic hydroxyl groups excluding tert-OH is 1. The van der Waals surface area contributed by atoms with E-state index in [1.807, 2.05) is 0 Å². The van der Waals surface area contributed by atoms with E-state index in [1.165, 1.54) is 19.2 Å². The van der Waals surface area contributed by atoms with Crippen molar-refractivity contribution in [2.24, 2.45) is 0 Å². The predicted molar refractivity (Wildman–Crippen MR) is 153 cm³/mol. The number of aliphatic hydroxyl groups is 1. The van der Waals surface area contributed by atoms with E-state index in [4.69, 9.17) is 38.9 Å². The number of hydrogen-bond donors (Lipinski definition) is 2. The van der Waals surface area contributed by atoms with Gasteiger partial charge in [0.15, 0.2) is 5.78 Å². The summed E-state index contributed by atoms with van der Waals surface area (Å²) in [5, 5.41) is 29.9. The first-order valence-corrected chi connectivity index (χ1v) is 13.0. The van der Waals surface area contributed by atoms with Crippen LogP contribution in [-0.2, 0) is 35.0 Å². The molecule has 0 spiro atoms. The van der Waals surface area contributed by atoms with Crippen LogP contribution in [0.15, 0.2) is 42.0 Å². The fraction of sp³-hybridized carbons (Fsp3) is 0.367. The number of allylic oxidation sites excluding steroid dienone is 1. The van der Waals surface area contributed by atoms with Crippen LogP contribution in [-0.4, -0.2) is 83.7 Å². The molecule has 0 radical (unpaired) electrons. The van der Waals surface area contributed by atoms with Gasteiger partial charge in [-0.25, -0.2) is 4.79 Å². The number of fused-ring (bicyclic) bond motifs is 1. The molecule has 0 heterocycles. The third-order valence-electron chi connectivity index (χ3n) is 5.67. The average Bonchev–Trinajstić information content (AvgIpc) is 2.99. The number of anilines is 1. The zero-order valence-corrected chi connectivity index (χ0v) is 24.1. The maximum absolute atomic E-state index is 12.2.